The lowest BCUT2D eigenvalue weighted by atomic mass is 10.1. The molecular formula is C11H16N4O2S. The second kappa shape index (κ2) is 5.92. The molecule has 0 spiro atoms. The molecule has 0 atom stereocenters. The van der Waals surface area contributed by atoms with E-state index in [-0.39, 0.29) is 11.9 Å². The maximum Gasteiger partial charge on any atom is 0.270 e. The van der Waals surface area contributed by atoms with E-state index in [9.17, 15) is 9.00 Å². The number of hydrogen-bond acceptors (Lipinski definition) is 5. The molecule has 0 saturated carbocycles. The molecule has 2 heterocycles. The van der Waals surface area contributed by atoms with Gasteiger partial charge < -0.3 is 10.7 Å². The molecule has 6 nitrogen and oxygen atoms in total. The Labute approximate surface area is 108 Å². The van der Waals surface area contributed by atoms with Crippen LogP contribution >= 0.6 is 0 Å². The number of nitrogens with one attached hydrogen (secondary N) is 2. The van der Waals surface area contributed by atoms with Crippen LogP contribution in [0.2, 0.25) is 0 Å². The van der Waals surface area contributed by atoms with E-state index >= 15 is 0 Å². The smallest absolute Gasteiger partial charge is 0.270 e. The minimum absolute atomic E-state index is 0.101. The predicted octanol–water partition coefficient (Wildman–Crippen LogP) is 0.00810. The van der Waals surface area contributed by atoms with Crippen LogP contribution in [0.25, 0.3) is 0 Å². The van der Waals surface area contributed by atoms with Gasteiger partial charge >= 0.3 is 0 Å². The summed E-state index contributed by atoms with van der Waals surface area (Å²) in [4.78, 5) is 15.9. The molecule has 0 bridgehead atoms. The van der Waals surface area contributed by atoms with Crippen molar-refractivity contribution in [2.75, 3.05) is 16.9 Å². The number of anilines is 1. The van der Waals surface area contributed by atoms with E-state index in [1.807, 2.05) is 0 Å². The number of hydrazine groups is 1. The molecule has 1 aromatic heterocycles. The quantitative estimate of drug-likeness (QED) is 0.530. The van der Waals surface area contributed by atoms with Gasteiger partial charge in [0, 0.05) is 28.3 Å². The Hall–Kier alpha value is -1.47. The zero-order chi connectivity index (χ0) is 13.0. The number of rotatable bonds is 3. The lowest BCUT2D eigenvalue weighted by Crippen LogP contribution is -2.39. The molecule has 1 saturated heterocycles. The van der Waals surface area contributed by atoms with Gasteiger partial charge in [-0.15, -0.1) is 0 Å². The lowest BCUT2D eigenvalue weighted by molar-refractivity contribution is 0.0929. The Morgan fingerprint density at radius 3 is 2.67 bits per heavy atom. The molecule has 18 heavy (non-hydrogen) atoms. The third-order valence-corrected chi connectivity index (χ3v) is 4.27. The van der Waals surface area contributed by atoms with Gasteiger partial charge in [-0.05, 0) is 25.0 Å². The number of nitrogens with two attached hydrogens (primary N) is 1. The van der Waals surface area contributed by atoms with Gasteiger partial charge in [-0.1, -0.05) is 0 Å². The van der Waals surface area contributed by atoms with E-state index in [2.05, 4.69) is 15.7 Å². The van der Waals surface area contributed by atoms with E-state index in [1.165, 1.54) is 6.20 Å². The molecule has 1 aliphatic heterocycles. The molecule has 7 heteroatoms. The number of carbonyl (C=O) groups is 1. The van der Waals surface area contributed by atoms with E-state index in [4.69, 9.17) is 5.84 Å². The molecule has 1 aromatic rings. The van der Waals surface area contributed by atoms with Crippen molar-refractivity contribution in [3.8, 4) is 0 Å². The molecule has 1 aliphatic rings. The van der Waals surface area contributed by atoms with Crippen molar-refractivity contribution < 1.29 is 9.00 Å². The molecule has 98 valence electrons. The van der Waals surface area contributed by atoms with E-state index in [0.29, 0.717) is 22.9 Å². The van der Waals surface area contributed by atoms with Crippen LogP contribution in [-0.2, 0) is 10.8 Å². The van der Waals surface area contributed by atoms with Gasteiger partial charge in [0.25, 0.3) is 5.91 Å². The van der Waals surface area contributed by atoms with Gasteiger partial charge in [0.05, 0.1) is 11.9 Å². The summed E-state index contributed by atoms with van der Waals surface area (Å²) in [5.41, 5.74) is 3.47. The summed E-state index contributed by atoms with van der Waals surface area (Å²) in [6, 6.07) is 3.41. The average Bonchev–Trinajstić information content (AvgIpc) is 2.41. The maximum absolute atomic E-state index is 11.9. The highest BCUT2D eigenvalue weighted by Gasteiger charge is 2.20. The second-order valence-electron chi connectivity index (χ2n) is 4.17. The SMILES string of the molecule is NNc1ccc(C(=O)NC2CCS(=O)CC2)nc1. The summed E-state index contributed by atoms with van der Waals surface area (Å²) in [7, 11) is -0.714. The highest BCUT2D eigenvalue weighted by Crippen LogP contribution is 2.10. The van der Waals surface area contributed by atoms with Crippen LogP contribution in [-0.4, -0.2) is 32.6 Å². The fourth-order valence-corrected chi connectivity index (χ4v) is 3.11. The third-order valence-electron chi connectivity index (χ3n) is 2.89. The number of nitrogens with zero attached hydrogens (tertiary/aromatic N) is 1. The summed E-state index contributed by atoms with van der Waals surface area (Å²) in [6.45, 7) is 0. The highest BCUT2D eigenvalue weighted by atomic mass is 32.2. The molecule has 0 unspecified atom stereocenters. The summed E-state index contributed by atoms with van der Waals surface area (Å²) in [5.74, 6) is 6.34. The Morgan fingerprint density at radius 1 is 1.39 bits per heavy atom. The van der Waals surface area contributed by atoms with Crippen LogP contribution < -0.4 is 16.6 Å². The lowest BCUT2D eigenvalue weighted by Gasteiger charge is -2.22. The van der Waals surface area contributed by atoms with Crippen LogP contribution in [0.4, 0.5) is 5.69 Å². The highest BCUT2D eigenvalue weighted by molar-refractivity contribution is 7.85. The van der Waals surface area contributed by atoms with E-state index in [0.717, 1.165) is 12.8 Å². The number of aromatic nitrogens is 1. The largest absolute Gasteiger partial charge is 0.348 e. The van der Waals surface area contributed by atoms with Gasteiger partial charge in [0.1, 0.15) is 5.69 Å². The van der Waals surface area contributed by atoms with Crippen molar-refractivity contribution in [2.24, 2.45) is 5.84 Å². The maximum atomic E-state index is 11.9. The van der Waals surface area contributed by atoms with E-state index < -0.39 is 10.8 Å². The molecule has 0 aliphatic carbocycles. The molecule has 1 amide bonds. The zero-order valence-corrected chi connectivity index (χ0v) is 10.7. The first-order chi connectivity index (χ1) is 8.69. The summed E-state index contributed by atoms with van der Waals surface area (Å²) < 4.78 is 11.2. The van der Waals surface area contributed by atoms with Crippen molar-refractivity contribution in [3.63, 3.8) is 0 Å². The van der Waals surface area contributed by atoms with E-state index in [1.54, 1.807) is 12.1 Å². The zero-order valence-electron chi connectivity index (χ0n) is 9.89. The molecule has 2 rings (SSSR count). The van der Waals surface area contributed by atoms with Crippen molar-refractivity contribution >= 4 is 22.4 Å². The van der Waals surface area contributed by atoms with Gasteiger partial charge in [-0.2, -0.15) is 0 Å². The first-order valence-electron chi connectivity index (χ1n) is 5.77. The number of nitrogen functional groups attached to an aromatic ring is 1. The van der Waals surface area contributed by atoms with Gasteiger partial charge in [-0.25, -0.2) is 4.98 Å². The Morgan fingerprint density at radius 2 is 2.11 bits per heavy atom. The fraction of sp³-hybridized carbons (Fsp3) is 0.455. The number of hydrogen-bond donors (Lipinski definition) is 3. The summed E-state index contributed by atoms with van der Waals surface area (Å²) >= 11 is 0. The van der Waals surface area contributed by atoms with Gasteiger partial charge in [0.15, 0.2) is 0 Å². The summed E-state index contributed by atoms with van der Waals surface area (Å²) in [5, 5.41) is 2.91. The number of pyridine rings is 1. The van der Waals surface area contributed by atoms with Crippen LogP contribution in [0, 0.1) is 0 Å². The fourth-order valence-electron chi connectivity index (χ4n) is 1.81. The van der Waals surface area contributed by atoms with Crippen molar-refractivity contribution in [3.05, 3.63) is 24.0 Å². The Bertz CT molecular complexity index is 439. The minimum Gasteiger partial charge on any atom is -0.348 e. The monoisotopic (exact) mass is 268 g/mol. The molecular weight excluding hydrogens is 252 g/mol. The minimum atomic E-state index is -0.714. The molecule has 0 radical (unpaired) electrons. The normalized spacial score (nSPS) is 23.4. The van der Waals surface area contributed by atoms with Crippen LogP contribution in [0.5, 0.6) is 0 Å². The van der Waals surface area contributed by atoms with Crippen LogP contribution in [0.3, 0.4) is 0 Å². The standard InChI is InChI=1S/C11H16N4O2S/c12-15-9-1-2-10(13-7-9)11(16)14-8-3-5-18(17)6-4-8/h1-2,7-8,15H,3-6,12H2,(H,14,16). The molecule has 1 fully saturated rings. The number of carbonyl (C=O) groups excluding carboxylic acids is 1. The average molecular weight is 268 g/mol. The summed E-state index contributed by atoms with van der Waals surface area (Å²) in [6.07, 6.45) is 3.03. The van der Waals surface area contributed by atoms with Crippen molar-refractivity contribution in [1.82, 2.24) is 10.3 Å². The third kappa shape index (κ3) is 3.27. The Kier molecular flexibility index (Phi) is 4.27. The topological polar surface area (TPSA) is 97.1 Å². The van der Waals surface area contributed by atoms with Crippen LogP contribution in [0.15, 0.2) is 18.3 Å². The predicted molar refractivity (Wildman–Crippen MR) is 70.4 cm³/mol. The molecule has 4 N–H and O–H groups in total. The molecule has 0 aromatic carbocycles. The van der Waals surface area contributed by atoms with Gasteiger partial charge in [0.2, 0.25) is 0 Å². The van der Waals surface area contributed by atoms with Gasteiger partial charge in [-0.3, -0.25) is 14.8 Å². The number of amides is 1. The second-order valence-corrected chi connectivity index (χ2v) is 5.87. The van der Waals surface area contributed by atoms with Crippen LogP contribution in [0.1, 0.15) is 23.3 Å². The van der Waals surface area contributed by atoms with Crippen molar-refractivity contribution in [1.29, 1.82) is 0 Å². The first-order valence-corrected chi connectivity index (χ1v) is 7.26. The first kappa shape index (κ1) is 13.0. The Balaban J connectivity index is 1.92. The van der Waals surface area contributed by atoms with Crippen molar-refractivity contribution in [2.45, 2.75) is 18.9 Å².